The number of hydrogen-bond acceptors (Lipinski definition) is 2. The summed E-state index contributed by atoms with van der Waals surface area (Å²) in [6, 6.07) is 0. The highest BCUT2D eigenvalue weighted by Gasteiger charge is 2.36. The van der Waals surface area contributed by atoms with Crippen LogP contribution in [0, 0.1) is 17.8 Å². The minimum atomic E-state index is -0.770. The van der Waals surface area contributed by atoms with E-state index in [1.165, 1.54) is 0 Å². The maximum Gasteiger partial charge on any atom is 0.306 e. The van der Waals surface area contributed by atoms with Crippen molar-refractivity contribution in [2.24, 2.45) is 17.8 Å². The molecule has 3 nitrogen and oxygen atoms in total. The van der Waals surface area contributed by atoms with Crippen LogP contribution in [0.2, 0.25) is 0 Å². The first kappa shape index (κ1) is 9.52. The van der Waals surface area contributed by atoms with Crippen LogP contribution < -0.4 is 0 Å². The molecule has 0 bridgehead atoms. The first-order valence-electron chi connectivity index (χ1n) is 4.43. The zero-order valence-electron chi connectivity index (χ0n) is 7.53. The molecule has 0 spiro atoms. The maximum atomic E-state index is 10.7. The molecule has 12 heavy (non-hydrogen) atoms. The molecular weight excluding hydrogens is 156 g/mol. The third-order valence-corrected chi connectivity index (χ3v) is 2.86. The van der Waals surface area contributed by atoms with E-state index >= 15 is 0 Å². The van der Waals surface area contributed by atoms with E-state index in [4.69, 9.17) is 5.11 Å². The smallest absolute Gasteiger partial charge is 0.306 e. The zero-order chi connectivity index (χ0) is 9.30. The molecule has 3 heteroatoms. The number of aliphatic hydroxyl groups is 1. The quantitative estimate of drug-likeness (QED) is 0.623. The number of carboxylic acids is 1. The SMILES string of the molecule is CC1CC(O)C(C)C(C(=O)O)C1. The highest BCUT2D eigenvalue weighted by molar-refractivity contribution is 5.70. The Bertz CT molecular complexity index is 179. The Morgan fingerprint density at radius 1 is 1.33 bits per heavy atom. The summed E-state index contributed by atoms with van der Waals surface area (Å²) in [4.78, 5) is 10.7. The first-order chi connectivity index (χ1) is 5.52. The number of carboxylic acid groups (broad SMARTS) is 1. The summed E-state index contributed by atoms with van der Waals surface area (Å²) < 4.78 is 0. The number of aliphatic carboxylic acids is 1. The van der Waals surface area contributed by atoms with Gasteiger partial charge in [-0.05, 0) is 24.7 Å². The Balaban J connectivity index is 2.66. The van der Waals surface area contributed by atoms with Crippen LogP contribution in [0.3, 0.4) is 0 Å². The van der Waals surface area contributed by atoms with Gasteiger partial charge in [0.1, 0.15) is 0 Å². The molecule has 2 N–H and O–H groups in total. The summed E-state index contributed by atoms with van der Waals surface area (Å²) in [5, 5.41) is 18.3. The Labute approximate surface area is 72.4 Å². The van der Waals surface area contributed by atoms with E-state index in [1.54, 1.807) is 0 Å². The predicted molar refractivity (Wildman–Crippen MR) is 44.7 cm³/mol. The summed E-state index contributed by atoms with van der Waals surface area (Å²) in [5.74, 6) is -0.896. The number of aliphatic hydroxyl groups excluding tert-OH is 1. The van der Waals surface area contributed by atoms with Crippen LogP contribution >= 0.6 is 0 Å². The Kier molecular flexibility index (Phi) is 2.73. The van der Waals surface area contributed by atoms with Crippen LogP contribution in [0.1, 0.15) is 26.7 Å². The van der Waals surface area contributed by atoms with Crippen molar-refractivity contribution in [3.63, 3.8) is 0 Å². The van der Waals surface area contributed by atoms with Crippen molar-refractivity contribution < 1.29 is 15.0 Å². The van der Waals surface area contributed by atoms with Gasteiger partial charge in [0.15, 0.2) is 0 Å². The average Bonchev–Trinajstić information content (AvgIpc) is 1.96. The minimum absolute atomic E-state index is 0.0984. The number of carbonyl (C=O) groups is 1. The normalized spacial score (nSPS) is 42.6. The second kappa shape index (κ2) is 3.44. The highest BCUT2D eigenvalue weighted by Crippen LogP contribution is 2.33. The molecule has 70 valence electrons. The number of hydrogen-bond donors (Lipinski definition) is 2. The largest absolute Gasteiger partial charge is 0.481 e. The Hall–Kier alpha value is -0.570. The van der Waals surface area contributed by atoms with Crippen LogP contribution in [-0.2, 0) is 4.79 Å². The summed E-state index contributed by atoms with van der Waals surface area (Å²) in [6.45, 7) is 3.81. The Morgan fingerprint density at radius 2 is 1.92 bits per heavy atom. The molecule has 4 unspecified atom stereocenters. The molecule has 0 saturated heterocycles. The Morgan fingerprint density at radius 3 is 2.42 bits per heavy atom. The van der Waals surface area contributed by atoms with Gasteiger partial charge in [-0.15, -0.1) is 0 Å². The molecule has 0 aromatic carbocycles. The molecule has 0 aromatic rings. The third kappa shape index (κ3) is 1.78. The maximum absolute atomic E-state index is 10.7. The second-order valence-corrected chi connectivity index (χ2v) is 3.95. The van der Waals surface area contributed by atoms with Gasteiger partial charge in [0.25, 0.3) is 0 Å². The highest BCUT2D eigenvalue weighted by atomic mass is 16.4. The standard InChI is InChI=1S/C9H16O3/c1-5-3-7(9(11)12)6(2)8(10)4-5/h5-8,10H,3-4H2,1-2H3,(H,11,12). The molecule has 1 aliphatic carbocycles. The molecule has 1 saturated carbocycles. The van der Waals surface area contributed by atoms with Gasteiger partial charge in [0, 0.05) is 0 Å². The van der Waals surface area contributed by atoms with Crippen molar-refractivity contribution in [3.8, 4) is 0 Å². The van der Waals surface area contributed by atoms with Crippen LogP contribution in [0.5, 0.6) is 0 Å². The van der Waals surface area contributed by atoms with Crippen LogP contribution in [0.15, 0.2) is 0 Å². The van der Waals surface area contributed by atoms with Crippen molar-refractivity contribution in [1.82, 2.24) is 0 Å². The fourth-order valence-corrected chi connectivity index (χ4v) is 1.97. The van der Waals surface area contributed by atoms with E-state index in [-0.39, 0.29) is 11.8 Å². The molecule has 1 rings (SSSR count). The lowest BCUT2D eigenvalue weighted by Gasteiger charge is -2.34. The summed E-state index contributed by atoms with van der Waals surface area (Å²) in [5.41, 5.74) is 0. The molecule has 0 aliphatic heterocycles. The van der Waals surface area contributed by atoms with Gasteiger partial charge in [0.05, 0.1) is 12.0 Å². The summed E-state index contributed by atoms with van der Waals surface area (Å²) in [6.07, 6.45) is 1.01. The van der Waals surface area contributed by atoms with Crippen molar-refractivity contribution >= 4 is 5.97 Å². The van der Waals surface area contributed by atoms with Crippen LogP contribution in [0.4, 0.5) is 0 Å². The van der Waals surface area contributed by atoms with E-state index in [1.807, 2.05) is 13.8 Å². The topological polar surface area (TPSA) is 57.5 Å². The molecule has 0 aromatic heterocycles. The predicted octanol–water partition coefficient (Wildman–Crippen LogP) is 1.11. The lowest BCUT2D eigenvalue weighted by atomic mass is 9.74. The summed E-state index contributed by atoms with van der Waals surface area (Å²) >= 11 is 0. The number of rotatable bonds is 1. The van der Waals surface area contributed by atoms with Crippen LogP contribution in [-0.4, -0.2) is 22.3 Å². The molecule has 1 aliphatic rings. The first-order valence-corrected chi connectivity index (χ1v) is 4.43. The lowest BCUT2D eigenvalue weighted by molar-refractivity contribution is -0.148. The molecule has 0 amide bonds. The van der Waals surface area contributed by atoms with Crippen molar-refractivity contribution in [2.75, 3.05) is 0 Å². The molecule has 4 atom stereocenters. The van der Waals surface area contributed by atoms with E-state index < -0.39 is 12.1 Å². The van der Waals surface area contributed by atoms with E-state index in [9.17, 15) is 9.90 Å². The van der Waals surface area contributed by atoms with E-state index in [2.05, 4.69) is 0 Å². The van der Waals surface area contributed by atoms with Gasteiger partial charge in [-0.25, -0.2) is 0 Å². The van der Waals surface area contributed by atoms with Gasteiger partial charge in [-0.3, -0.25) is 4.79 Å². The lowest BCUT2D eigenvalue weighted by Crippen LogP contribution is -2.37. The van der Waals surface area contributed by atoms with E-state index in [0.29, 0.717) is 12.3 Å². The third-order valence-electron chi connectivity index (χ3n) is 2.86. The van der Waals surface area contributed by atoms with Gasteiger partial charge < -0.3 is 10.2 Å². The monoisotopic (exact) mass is 172 g/mol. The zero-order valence-corrected chi connectivity index (χ0v) is 7.53. The molecular formula is C9H16O3. The molecule has 0 radical (unpaired) electrons. The van der Waals surface area contributed by atoms with Crippen molar-refractivity contribution in [2.45, 2.75) is 32.8 Å². The second-order valence-electron chi connectivity index (χ2n) is 3.95. The summed E-state index contributed by atoms with van der Waals surface area (Å²) in [7, 11) is 0. The van der Waals surface area contributed by atoms with Crippen molar-refractivity contribution in [1.29, 1.82) is 0 Å². The van der Waals surface area contributed by atoms with Crippen LogP contribution in [0.25, 0.3) is 0 Å². The van der Waals surface area contributed by atoms with Crippen molar-refractivity contribution in [3.05, 3.63) is 0 Å². The van der Waals surface area contributed by atoms with E-state index in [0.717, 1.165) is 6.42 Å². The molecule has 0 heterocycles. The van der Waals surface area contributed by atoms with Gasteiger partial charge >= 0.3 is 5.97 Å². The van der Waals surface area contributed by atoms with Gasteiger partial charge in [-0.1, -0.05) is 13.8 Å². The van der Waals surface area contributed by atoms with Gasteiger partial charge in [0.2, 0.25) is 0 Å². The molecule has 1 fully saturated rings. The minimum Gasteiger partial charge on any atom is -0.481 e. The fraction of sp³-hybridized carbons (Fsp3) is 0.889. The van der Waals surface area contributed by atoms with Gasteiger partial charge in [-0.2, -0.15) is 0 Å². The average molecular weight is 172 g/mol. The fourth-order valence-electron chi connectivity index (χ4n) is 1.97.